The molecule has 0 aliphatic heterocycles. The van der Waals surface area contributed by atoms with Crippen molar-refractivity contribution in [1.82, 2.24) is 0 Å². The van der Waals surface area contributed by atoms with Gasteiger partial charge in [-0.25, -0.2) is 0 Å². The van der Waals surface area contributed by atoms with E-state index in [1.807, 2.05) is 67.6 Å². The van der Waals surface area contributed by atoms with Crippen molar-refractivity contribution in [3.63, 3.8) is 0 Å². The van der Waals surface area contributed by atoms with Gasteiger partial charge in [0.05, 0.1) is 0 Å². The minimum Gasteiger partial charge on any atom is -0.360 e. The summed E-state index contributed by atoms with van der Waals surface area (Å²) >= 11 is 0. The molecule has 1 unspecified atom stereocenters. The monoisotopic (exact) mass is 268 g/mol. The Kier molecular flexibility index (Phi) is 4.77. The lowest BCUT2D eigenvalue weighted by Gasteiger charge is -2.29. The quantitative estimate of drug-likeness (QED) is 0.899. The molecule has 0 radical (unpaired) electrons. The highest BCUT2D eigenvalue weighted by molar-refractivity contribution is 5.96. The Balaban J connectivity index is 2.09. The van der Waals surface area contributed by atoms with E-state index >= 15 is 0 Å². The van der Waals surface area contributed by atoms with Crippen LogP contribution in [-0.2, 0) is 4.79 Å². The summed E-state index contributed by atoms with van der Waals surface area (Å²) in [6.07, 6.45) is 0. The number of carbonyl (C=O) groups excluding carboxylic acids is 1. The average Bonchev–Trinajstić information content (AvgIpc) is 2.50. The second-order valence-corrected chi connectivity index (χ2v) is 4.65. The van der Waals surface area contributed by atoms with Crippen molar-refractivity contribution < 1.29 is 4.79 Å². The van der Waals surface area contributed by atoms with Crippen molar-refractivity contribution in [3.8, 4) is 0 Å². The largest absolute Gasteiger partial charge is 0.360 e. The average molecular weight is 268 g/mol. The second kappa shape index (κ2) is 6.75. The number of hydrogen-bond acceptors (Lipinski definition) is 2. The number of nitrogens with one attached hydrogen (secondary N) is 1. The molecule has 0 aliphatic rings. The van der Waals surface area contributed by atoms with Crippen molar-refractivity contribution in [1.29, 1.82) is 0 Å². The van der Waals surface area contributed by atoms with Gasteiger partial charge in [0.25, 0.3) is 0 Å². The molecule has 1 atom stereocenters. The highest BCUT2D eigenvalue weighted by Gasteiger charge is 2.20. The summed E-state index contributed by atoms with van der Waals surface area (Å²) < 4.78 is 0. The molecule has 0 fully saturated rings. The Bertz CT molecular complexity index is 539. The van der Waals surface area contributed by atoms with E-state index < -0.39 is 0 Å². The van der Waals surface area contributed by atoms with Crippen LogP contribution in [0.3, 0.4) is 0 Å². The van der Waals surface area contributed by atoms with Crippen LogP contribution < -0.4 is 10.2 Å². The van der Waals surface area contributed by atoms with E-state index in [9.17, 15) is 4.79 Å². The Morgan fingerprint density at radius 2 is 1.60 bits per heavy atom. The van der Waals surface area contributed by atoms with E-state index in [4.69, 9.17) is 0 Å². The van der Waals surface area contributed by atoms with Crippen LogP contribution in [0.25, 0.3) is 0 Å². The predicted molar refractivity (Wildman–Crippen MR) is 84.0 cm³/mol. The number of rotatable bonds is 5. The normalized spacial score (nSPS) is 11.7. The lowest BCUT2D eigenvalue weighted by Crippen LogP contribution is -2.42. The van der Waals surface area contributed by atoms with Crippen LogP contribution >= 0.6 is 0 Å². The van der Waals surface area contributed by atoms with Crippen molar-refractivity contribution >= 4 is 17.3 Å². The first-order valence-corrected chi connectivity index (χ1v) is 6.90. The van der Waals surface area contributed by atoms with Crippen LogP contribution in [0.5, 0.6) is 0 Å². The molecular formula is C17H20N2O. The second-order valence-electron chi connectivity index (χ2n) is 4.65. The summed E-state index contributed by atoms with van der Waals surface area (Å²) in [4.78, 5) is 14.4. The van der Waals surface area contributed by atoms with E-state index in [1.165, 1.54) is 0 Å². The first-order chi connectivity index (χ1) is 9.72. The minimum absolute atomic E-state index is 0.00176. The molecule has 0 saturated heterocycles. The van der Waals surface area contributed by atoms with E-state index in [-0.39, 0.29) is 11.9 Å². The molecule has 2 rings (SSSR count). The molecule has 104 valence electrons. The van der Waals surface area contributed by atoms with Crippen LogP contribution in [0.15, 0.2) is 60.7 Å². The van der Waals surface area contributed by atoms with Crippen molar-refractivity contribution in [2.24, 2.45) is 0 Å². The van der Waals surface area contributed by atoms with Gasteiger partial charge in [-0.15, -0.1) is 0 Å². The van der Waals surface area contributed by atoms with Crippen LogP contribution in [0, 0.1) is 0 Å². The molecule has 3 heteroatoms. The fourth-order valence-corrected chi connectivity index (χ4v) is 2.21. The maximum Gasteiger partial charge on any atom is 0.246 e. The zero-order valence-corrected chi connectivity index (χ0v) is 11.9. The third-order valence-electron chi connectivity index (χ3n) is 3.32. The van der Waals surface area contributed by atoms with Gasteiger partial charge >= 0.3 is 0 Å². The van der Waals surface area contributed by atoms with Gasteiger partial charge in [0.15, 0.2) is 0 Å². The first kappa shape index (κ1) is 14.1. The number of para-hydroxylation sites is 2. The van der Waals surface area contributed by atoms with E-state index in [0.29, 0.717) is 0 Å². The molecule has 3 nitrogen and oxygen atoms in total. The number of anilines is 2. The van der Waals surface area contributed by atoms with Gasteiger partial charge < -0.3 is 10.2 Å². The fraction of sp³-hybridized carbons (Fsp3) is 0.235. The molecule has 0 heterocycles. The summed E-state index contributed by atoms with van der Waals surface area (Å²) in [5.74, 6) is 0.00176. The number of carbonyl (C=O) groups is 1. The first-order valence-electron chi connectivity index (χ1n) is 6.90. The van der Waals surface area contributed by atoms with Gasteiger partial charge in [-0.1, -0.05) is 36.4 Å². The number of amides is 1. The molecule has 1 N–H and O–H groups in total. The molecule has 0 saturated carbocycles. The highest BCUT2D eigenvalue weighted by Crippen LogP contribution is 2.17. The van der Waals surface area contributed by atoms with Gasteiger partial charge in [0.2, 0.25) is 5.91 Å². The number of hydrogen-bond donors (Lipinski definition) is 1. The standard InChI is InChI=1S/C17H20N2O/c1-3-19(16-12-8-5-9-13-16)14(2)17(20)18-15-10-6-4-7-11-15/h4-14H,3H2,1-2H3,(H,18,20). The molecule has 0 spiro atoms. The Hall–Kier alpha value is -2.29. The van der Waals surface area contributed by atoms with Crippen LogP contribution in [0.2, 0.25) is 0 Å². The lowest BCUT2D eigenvalue weighted by atomic mass is 10.2. The Morgan fingerprint density at radius 3 is 2.15 bits per heavy atom. The number of likely N-dealkylation sites (N-methyl/N-ethyl adjacent to an activating group) is 1. The third kappa shape index (κ3) is 3.38. The topological polar surface area (TPSA) is 32.3 Å². The number of benzene rings is 2. The smallest absolute Gasteiger partial charge is 0.246 e. The van der Waals surface area contributed by atoms with E-state index in [0.717, 1.165) is 17.9 Å². The van der Waals surface area contributed by atoms with E-state index in [2.05, 4.69) is 17.1 Å². The summed E-state index contributed by atoms with van der Waals surface area (Å²) in [6.45, 7) is 4.77. The molecular weight excluding hydrogens is 248 g/mol. The summed E-state index contributed by atoms with van der Waals surface area (Å²) in [5, 5.41) is 2.95. The summed E-state index contributed by atoms with van der Waals surface area (Å²) in [5.41, 5.74) is 1.89. The fourth-order valence-electron chi connectivity index (χ4n) is 2.21. The van der Waals surface area contributed by atoms with E-state index in [1.54, 1.807) is 0 Å². The van der Waals surface area contributed by atoms with Gasteiger partial charge in [-0.3, -0.25) is 4.79 Å². The van der Waals surface area contributed by atoms with Crippen LogP contribution in [0.1, 0.15) is 13.8 Å². The lowest BCUT2D eigenvalue weighted by molar-refractivity contribution is -0.117. The maximum atomic E-state index is 12.3. The maximum absolute atomic E-state index is 12.3. The molecule has 2 aromatic carbocycles. The highest BCUT2D eigenvalue weighted by atomic mass is 16.2. The summed E-state index contributed by atoms with van der Waals surface area (Å²) in [6, 6.07) is 19.3. The predicted octanol–water partition coefficient (Wildman–Crippen LogP) is 3.54. The van der Waals surface area contributed by atoms with Crippen LogP contribution in [0.4, 0.5) is 11.4 Å². The summed E-state index contributed by atoms with van der Waals surface area (Å²) in [7, 11) is 0. The molecule has 2 aromatic rings. The Labute approximate surface area is 120 Å². The van der Waals surface area contributed by atoms with Crippen molar-refractivity contribution in [3.05, 3.63) is 60.7 Å². The molecule has 20 heavy (non-hydrogen) atoms. The van der Waals surface area contributed by atoms with Gasteiger partial charge in [-0.05, 0) is 38.1 Å². The Morgan fingerprint density at radius 1 is 1.05 bits per heavy atom. The van der Waals surface area contributed by atoms with Gasteiger partial charge in [0.1, 0.15) is 6.04 Å². The zero-order valence-electron chi connectivity index (χ0n) is 11.9. The third-order valence-corrected chi connectivity index (χ3v) is 3.32. The van der Waals surface area contributed by atoms with Crippen molar-refractivity contribution in [2.75, 3.05) is 16.8 Å². The van der Waals surface area contributed by atoms with Gasteiger partial charge in [0, 0.05) is 17.9 Å². The minimum atomic E-state index is -0.220. The number of nitrogens with zero attached hydrogens (tertiary/aromatic N) is 1. The molecule has 0 aromatic heterocycles. The molecule has 1 amide bonds. The van der Waals surface area contributed by atoms with Crippen molar-refractivity contribution in [2.45, 2.75) is 19.9 Å². The van der Waals surface area contributed by atoms with Crippen LogP contribution in [-0.4, -0.2) is 18.5 Å². The zero-order chi connectivity index (χ0) is 14.4. The molecule has 0 bridgehead atoms. The SMILES string of the molecule is CCN(c1ccccc1)C(C)C(=O)Nc1ccccc1. The van der Waals surface area contributed by atoms with Gasteiger partial charge in [-0.2, -0.15) is 0 Å². The molecule has 0 aliphatic carbocycles.